The third-order valence-corrected chi connectivity index (χ3v) is 6.82. The van der Waals surface area contributed by atoms with Gasteiger partial charge in [-0.05, 0) is 32.7 Å². The standard InChI is InChI=1S/C11H21NO2S/c1-12-10-7-4-8-11(10)15(13,14)9-5-2-3-6-9/h9-12H,2-8H2,1H3. The second kappa shape index (κ2) is 4.42. The van der Waals surface area contributed by atoms with Crippen molar-refractivity contribution in [3.63, 3.8) is 0 Å². The van der Waals surface area contributed by atoms with Crippen LogP contribution < -0.4 is 5.32 Å². The van der Waals surface area contributed by atoms with Crippen molar-refractivity contribution in [3.05, 3.63) is 0 Å². The molecule has 15 heavy (non-hydrogen) atoms. The number of rotatable bonds is 3. The summed E-state index contributed by atoms with van der Waals surface area (Å²) in [5.74, 6) is 0. The monoisotopic (exact) mass is 231 g/mol. The Morgan fingerprint density at radius 2 is 1.67 bits per heavy atom. The highest BCUT2D eigenvalue weighted by Crippen LogP contribution is 2.33. The minimum Gasteiger partial charge on any atom is -0.316 e. The molecule has 1 N–H and O–H groups in total. The number of nitrogens with one attached hydrogen (secondary N) is 1. The molecule has 88 valence electrons. The molecule has 2 rings (SSSR count). The van der Waals surface area contributed by atoms with E-state index in [9.17, 15) is 8.42 Å². The van der Waals surface area contributed by atoms with Crippen LogP contribution in [0.3, 0.4) is 0 Å². The first-order valence-electron chi connectivity index (χ1n) is 6.06. The lowest BCUT2D eigenvalue weighted by atomic mass is 10.2. The van der Waals surface area contributed by atoms with Crippen molar-refractivity contribution >= 4 is 9.84 Å². The Balaban J connectivity index is 2.13. The predicted octanol–water partition coefficient (Wildman–Crippen LogP) is 1.48. The first kappa shape index (κ1) is 11.4. The SMILES string of the molecule is CNC1CCCC1S(=O)(=O)C1CCCC1. The minimum atomic E-state index is -2.86. The Labute approximate surface area is 92.6 Å². The van der Waals surface area contributed by atoms with Crippen molar-refractivity contribution in [1.82, 2.24) is 5.32 Å². The maximum atomic E-state index is 12.4. The zero-order chi connectivity index (χ0) is 10.9. The lowest BCUT2D eigenvalue weighted by molar-refractivity contribution is 0.527. The molecule has 2 fully saturated rings. The molecule has 0 radical (unpaired) electrons. The third kappa shape index (κ3) is 2.07. The average molecular weight is 231 g/mol. The minimum absolute atomic E-state index is 0.0311. The van der Waals surface area contributed by atoms with Gasteiger partial charge in [-0.2, -0.15) is 0 Å². The topological polar surface area (TPSA) is 46.2 Å². The van der Waals surface area contributed by atoms with Gasteiger partial charge < -0.3 is 5.32 Å². The number of hydrogen-bond acceptors (Lipinski definition) is 3. The Kier molecular flexibility index (Phi) is 3.36. The molecule has 0 saturated heterocycles. The van der Waals surface area contributed by atoms with Gasteiger partial charge in [0.1, 0.15) is 0 Å². The van der Waals surface area contributed by atoms with E-state index >= 15 is 0 Å². The van der Waals surface area contributed by atoms with Crippen molar-refractivity contribution in [2.75, 3.05) is 7.05 Å². The van der Waals surface area contributed by atoms with Crippen LogP contribution in [0.25, 0.3) is 0 Å². The highest BCUT2D eigenvalue weighted by atomic mass is 32.2. The van der Waals surface area contributed by atoms with E-state index in [0.29, 0.717) is 0 Å². The zero-order valence-electron chi connectivity index (χ0n) is 9.41. The van der Waals surface area contributed by atoms with Crippen LogP contribution in [0.5, 0.6) is 0 Å². The van der Waals surface area contributed by atoms with Crippen molar-refractivity contribution in [3.8, 4) is 0 Å². The fourth-order valence-corrected chi connectivity index (χ4v) is 5.82. The Morgan fingerprint density at radius 3 is 2.27 bits per heavy atom. The van der Waals surface area contributed by atoms with E-state index in [2.05, 4.69) is 5.32 Å². The molecule has 0 spiro atoms. The largest absolute Gasteiger partial charge is 0.316 e. The van der Waals surface area contributed by atoms with Crippen LogP contribution >= 0.6 is 0 Å². The van der Waals surface area contributed by atoms with Gasteiger partial charge in [0.2, 0.25) is 0 Å². The van der Waals surface area contributed by atoms with E-state index < -0.39 is 9.84 Å². The van der Waals surface area contributed by atoms with Crippen molar-refractivity contribution in [2.24, 2.45) is 0 Å². The van der Waals surface area contributed by atoms with Gasteiger partial charge >= 0.3 is 0 Å². The Bertz CT molecular complexity index is 307. The summed E-state index contributed by atoms with van der Waals surface area (Å²) >= 11 is 0. The maximum absolute atomic E-state index is 12.4. The van der Waals surface area contributed by atoms with E-state index in [1.807, 2.05) is 7.05 Å². The summed E-state index contributed by atoms with van der Waals surface area (Å²) in [6.07, 6.45) is 6.94. The van der Waals surface area contributed by atoms with Crippen molar-refractivity contribution in [2.45, 2.75) is 61.5 Å². The molecule has 0 bridgehead atoms. The molecule has 0 aromatic rings. The summed E-state index contributed by atoms with van der Waals surface area (Å²) in [6, 6.07) is 0.204. The van der Waals surface area contributed by atoms with Gasteiger partial charge in [0.05, 0.1) is 10.5 Å². The van der Waals surface area contributed by atoms with Crippen LogP contribution in [0.15, 0.2) is 0 Å². The van der Waals surface area contributed by atoms with Gasteiger partial charge in [-0.15, -0.1) is 0 Å². The second-order valence-corrected chi connectivity index (χ2v) is 7.31. The van der Waals surface area contributed by atoms with Gasteiger partial charge in [-0.3, -0.25) is 0 Å². The van der Waals surface area contributed by atoms with Crippen molar-refractivity contribution in [1.29, 1.82) is 0 Å². The quantitative estimate of drug-likeness (QED) is 0.800. The predicted molar refractivity (Wildman–Crippen MR) is 61.7 cm³/mol. The fraction of sp³-hybridized carbons (Fsp3) is 1.00. The van der Waals surface area contributed by atoms with Crippen LogP contribution in [-0.2, 0) is 9.84 Å². The Hall–Kier alpha value is -0.0900. The van der Waals surface area contributed by atoms with E-state index in [-0.39, 0.29) is 16.5 Å². The molecule has 2 atom stereocenters. The number of sulfone groups is 1. The van der Waals surface area contributed by atoms with Crippen molar-refractivity contribution < 1.29 is 8.42 Å². The molecular formula is C11H21NO2S. The molecule has 0 heterocycles. The second-order valence-electron chi connectivity index (χ2n) is 4.86. The summed E-state index contributed by atoms with van der Waals surface area (Å²) < 4.78 is 24.7. The van der Waals surface area contributed by atoms with E-state index in [0.717, 1.165) is 44.9 Å². The van der Waals surface area contributed by atoms with Crippen LogP contribution in [0, 0.1) is 0 Å². The average Bonchev–Trinajstić information content (AvgIpc) is 2.89. The molecule has 4 heteroatoms. The normalized spacial score (nSPS) is 33.7. The lowest BCUT2D eigenvalue weighted by Gasteiger charge is -2.22. The highest BCUT2D eigenvalue weighted by Gasteiger charge is 2.41. The number of hydrogen-bond donors (Lipinski definition) is 1. The molecule has 0 aromatic carbocycles. The van der Waals surface area contributed by atoms with Gasteiger partial charge in [0.25, 0.3) is 0 Å². The van der Waals surface area contributed by atoms with Crippen LogP contribution in [0.4, 0.5) is 0 Å². The van der Waals surface area contributed by atoms with Gasteiger partial charge in [-0.1, -0.05) is 19.3 Å². The summed E-state index contributed by atoms with van der Waals surface area (Å²) in [5.41, 5.74) is 0. The molecule has 0 aliphatic heterocycles. The van der Waals surface area contributed by atoms with E-state index in [4.69, 9.17) is 0 Å². The summed E-state index contributed by atoms with van der Waals surface area (Å²) in [5, 5.41) is 3.03. The molecule has 2 unspecified atom stereocenters. The lowest BCUT2D eigenvalue weighted by Crippen LogP contribution is -2.42. The third-order valence-electron chi connectivity index (χ3n) is 4.01. The first-order chi connectivity index (χ1) is 7.16. The van der Waals surface area contributed by atoms with Gasteiger partial charge in [-0.25, -0.2) is 8.42 Å². The molecule has 2 saturated carbocycles. The smallest absolute Gasteiger partial charge is 0.157 e. The Morgan fingerprint density at radius 1 is 1.00 bits per heavy atom. The van der Waals surface area contributed by atoms with Gasteiger partial charge in [0.15, 0.2) is 9.84 Å². The van der Waals surface area contributed by atoms with Gasteiger partial charge in [0, 0.05) is 6.04 Å². The van der Waals surface area contributed by atoms with Crippen LogP contribution in [0.1, 0.15) is 44.9 Å². The van der Waals surface area contributed by atoms with E-state index in [1.54, 1.807) is 0 Å². The summed E-state index contributed by atoms with van der Waals surface area (Å²) in [6.45, 7) is 0. The molecule has 3 nitrogen and oxygen atoms in total. The molecular weight excluding hydrogens is 210 g/mol. The fourth-order valence-electron chi connectivity index (χ4n) is 3.11. The molecule has 0 amide bonds. The first-order valence-corrected chi connectivity index (χ1v) is 7.67. The molecule has 2 aliphatic rings. The molecule has 0 aromatic heterocycles. The van der Waals surface area contributed by atoms with Crippen LogP contribution in [0.2, 0.25) is 0 Å². The zero-order valence-corrected chi connectivity index (χ0v) is 10.2. The van der Waals surface area contributed by atoms with Crippen LogP contribution in [-0.4, -0.2) is 32.0 Å². The van der Waals surface area contributed by atoms with E-state index in [1.165, 1.54) is 0 Å². The summed E-state index contributed by atoms with van der Waals surface area (Å²) in [4.78, 5) is 0. The highest BCUT2D eigenvalue weighted by molar-refractivity contribution is 7.92. The summed E-state index contributed by atoms with van der Waals surface area (Å²) in [7, 11) is -0.980. The maximum Gasteiger partial charge on any atom is 0.157 e. The molecule has 2 aliphatic carbocycles.